The maximum atomic E-state index is 5.82. The third-order valence-electron chi connectivity index (χ3n) is 3.29. The van der Waals surface area contributed by atoms with Gasteiger partial charge in [0.1, 0.15) is 0 Å². The Hall–Kier alpha value is -1.45. The fourth-order valence-electron chi connectivity index (χ4n) is 2.30. The Bertz CT molecular complexity index is 534. The molecule has 0 aliphatic heterocycles. The number of benzene rings is 1. The van der Waals surface area contributed by atoms with Gasteiger partial charge in [0.2, 0.25) is 0 Å². The lowest BCUT2D eigenvalue weighted by Crippen LogP contribution is -2.27. The van der Waals surface area contributed by atoms with Crippen molar-refractivity contribution in [3.05, 3.63) is 42.1 Å². The van der Waals surface area contributed by atoms with Gasteiger partial charge >= 0.3 is 0 Å². The zero-order chi connectivity index (χ0) is 14.4. The van der Waals surface area contributed by atoms with Crippen LogP contribution in [-0.2, 0) is 4.74 Å². The summed E-state index contributed by atoms with van der Waals surface area (Å²) < 4.78 is 5.82. The van der Waals surface area contributed by atoms with E-state index in [1.54, 1.807) is 0 Å². The summed E-state index contributed by atoms with van der Waals surface area (Å²) in [5, 5.41) is 4.79. The lowest BCUT2D eigenvalue weighted by Gasteiger charge is -2.21. The number of nitrogens with zero attached hydrogens (tertiary/aromatic N) is 1. The molecule has 108 valence electrons. The second-order valence-corrected chi connectivity index (χ2v) is 5.31. The van der Waals surface area contributed by atoms with Crippen LogP contribution in [0.1, 0.15) is 38.8 Å². The number of fused-ring (bicyclic) bond motifs is 1. The molecule has 1 heterocycles. The number of aromatic nitrogens is 1. The zero-order valence-electron chi connectivity index (χ0n) is 12.6. The number of nitrogens with one attached hydrogen (secondary N) is 1. The average Bonchev–Trinajstić information content (AvgIpc) is 2.47. The Kier molecular flexibility index (Phi) is 5.50. The van der Waals surface area contributed by atoms with E-state index in [4.69, 9.17) is 4.74 Å². The topological polar surface area (TPSA) is 34.1 Å². The molecule has 20 heavy (non-hydrogen) atoms. The van der Waals surface area contributed by atoms with Gasteiger partial charge in [-0.05, 0) is 44.5 Å². The van der Waals surface area contributed by atoms with Gasteiger partial charge in [0.15, 0.2) is 0 Å². The molecule has 1 N–H and O–H groups in total. The van der Waals surface area contributed by atoms with Gasteiger partial charge in [-0.3, -0.25) is 4.98 Å². The maximum absolute atomic E-state index is 5.82. The minimum Gasteiger partial charge on any atom is -0.377 e. The van der Waals surface area contributed by atoms with E-state index in [0.29, 0.717) is 6.61 Å². The summed E-state index contributed by atoms with van der Waals surface area (Å²) in [6.45, 7) is 8.00. The highest BCUT2D eigenvalue weighted by Crippen LogP contribution is 2.23. The predicted molar refractivity (Wildman–Crippen MR) is 83.9 cm³/mol. The number of rotatable bonds is 7. The molecule has 0 saturated carbocycles. The van der Waals surface area contributed by atoms with Crippen LogP contribution < -0.4 is 5.32 Å². The van der Waals surface area contributed by atoms with Crippen LogP contribution in [0.15, 0.2) is 36.5 Å². The van der Waals surface area contributed by atoms with Crippen molar-refractivity contribution in [2.75, 3.05) is 13.2 Å². The molecular weight excluding hydrogens is 248 g/mol. The van der Waals surface area contributed by atoms with Crippen molar-refractivity contribution in [3.8, 4) is 0 Å². The molecular formula is C17H24N2O. The molecule has 0 aliphatic carbocycles. The van der Waals surface area contributed by atoms with Crippen molar-refractivity contribution in [2.24, 2.45) is 0 Å². The maximum Gasteiger partial charge on any atom is 0.0705 e. The van der Waals surface area contributed by atoms with Crippen LogP contribution in [0.25, 0.3) is 10.9 Å². The minimum absolute atomic E-state index is 0.213. The molecule has 0 bridgehead atoms. The molecule has 0 spiro atoms. The van der Waals surface area contributed by atoms with E-state index in [1.807, 2.05) is 12.3 Å². The van der Waals surface area contributed by atoms with E-state index < -0.39 is 0 Å². The first kappa shape index (κ1) is 14.9. The Morgan fingerprint density at radius 2 is 2.05 bits per heavy atom. The van der Waals surface area contributed by atoms with E-state index in [1.165, 1.54) is 10.9 Å². The molecule has 1 atom stereocenters. The quantitative estimate of drug-likeness (QED) is 0.834. The molecule has 0 amide bonds. The Balaban J connectivity index is 2.29. The van der Waals surface area contributed by atoms with E-state index in [0.717, 1.165) is 18.5 Å². The highest BCUT2D eigenvalue weighted by atomic mass is 16.5. The first-order chi connectivity index (χ1) is 9.72. The first-order valence-electron chi connectivity index (χ1n) is 7.41. The standard InChI is InChI=1S/C17H24N2O/c1-4-10-18-17(12-20-13(2)3)15-7-5-9-16-14(15)8-6-11-19-16/h5-9,11,13,17-18H,4,10,12H2,1-3H3. The average molecular weight is 272 g/mol. The predicted octanol–water partition coefficient (Wildman–Crippen LogP) is 3.70. The van der Waals surface area contributed by atoms with Gasteiger partial charge in [0, 0.05) is 11.6 Å². The molecule has 2 rings (SSSR count). The summed E-state index contributed by atoms with van der Waals surface area (Å²) in [5.41, 5.74) is 2.31. The summed E-state index contributed by atoms with van der Waals surface area (Å²) in [4.78, 5) is 4.43. The Labute approximate surface area is 121 Å². The third-order valence-corrected chi connectivity index (χ3v) is 3.29. The lowest BCUT2D eigenvalue weighted by atomic mass is 10.0. The van der Waals surface area contributed by atoms with Gasteiger partial charge < -0.3 is 10.1 Å². The van der Waals surface area contributed by atoms with Gasteiger partial charge in [-0.25, -0.2) is 0 Å². The van der Waals surface area contributed by atoms with Gasteiger partial charge in [-0.2, -0.15) is 0 Å². The second kappa shape index (κ2) is 7.36. The Morgan fingerprint density at radius 3 is 2.80 bits per heavy atom. The van der Waals surface area contributed by atoms with Crippen LogP contribution in [-0.4, -0.2) is 24.2 Å². The van der Waals surface area contributed by atoms with E-state index in [-0.39, 0.29) is 12.1 Å². The summed E-state index contributed by atoms with van der Waals surface area (Å²) in [5.74, 6) is 0. The van der Waals surface area contributed by atoms with E-state index >= 15 is 0 Å². The summed E-state index contributed by atoms with van der Waals surface area (Å²) in [7, 11) is 0. The van der Waals surface area contributed by atoms with Crippen molar-refractivity contribution in [1.29, 1.82) is 0 Å². The van der Waals surface area contributed by atoms with Gasteiger partial charge in [-0.1, -0.05) is 25.1 Å². The van der Waals surface area contributed by atoms with Crippen LogP contribution in [0.4, 0.5) is 0 Å². The van der Waals surface area contributed by atoms with E-state index in [2.05, 4.69) is 55.3 Å². The normalized spacial score (nSPS) is 13.0. The molecule has 0 saturated heterocycles. The lowest BCUT2D eigenvalue weighted by molar-refractivity contribution is 0.0614. The number of ether oxygens (including phenoxy) is 1. The minimum atomic E-state index is 0.213. The molecule has 2 aromatic rings. The third kappa shape index (κ3) is 3.78. The molecule has 1 unspecified atom stereocenters. The van der Waals surface area contributed by atoms with Crippen LogP contribution in [0, 0.1) is 0 Å². The van der Waals surface area contributed by atoms with Crippen LogP contribution in [0.2, 0.25) is 0 Å². The second-order valence-electron chi connectivity index (χ2n) is 5.31. The largest absolute Gasteiger partial charge is 0.377 e. The smallest absolute Gasteiger partial charge is 0.0705 e. The zero-order valence-corrected chi connectivity index (χ0v) is 12.6. The molecule has 1 aromatic heterocycles. The molecule has 0 fully saturated rings. The summed E-state index contributed by atoms with van der Waals surface area (Å²) in [6, 6.07) is 10.6. The molecule has 0 radical (unpaired) electrons. The molecule has 3 nitrogen and oxygen atoms in total. The van der Waals surface area contributed by atoms with Crippen molar-refractivity contribution in [2.45, 2.75) is 39.3 Å². The first-order valence-corrected chi connectivity index (χ1v) is 7.41. The highest BCUT2D eigenvalue weighted by molar-refractivity contribution is 5.82. The monoisotopic (exact) mass is 272 g/mol. The Morgan fingerprint density at radius 1 is 1.20 bits per heavy atom. The van der Waals surface area contributed by atoms with Crippen LogP contribution >= 0.6 is 0 Å². The van der Waals surface area contributed by atoms with Crippen LogP contribution in [0.5, 0.6) is 0 Å². The summed E-state index contributed by atoms with van der Waals surface area (Å²) in [6.07, 6.45) is 3.20. The van der Waals surface area contributed by atoms with Crippen molar-refractivity contribution < 1.29 is 4.74 Å². The van der Waals surface area contributed by atoms with Crippen LogP contribution in [0.3, 0.4) is 0 Å². The fraction of sp³-hybridized carbons (Fsp3) is 0.471. The van der Waals surface area contributed by atoms with Gasteiger partial charge in [-0.15, -0.1) is 0 Å². The fourth-order valence-corrected chi connectivity index (χ4v) is 2.30. The van der Waals surface area contributed by atoms with Crippen molar-refractivity contribution >= 4 is 10.9 Å². The van der Waals surface area contributed by atoms with E-state index in [9.17, 15) is 0 Å². The van der Waals surface area contributed by atoms with Crippen molar-refractivity contribution in [3.63, 3.8) is 0 Å². The molecule has 3 heteroatoms. The van der Waals surface area contributed by atoms with Crippen molar-refractivity contribution in [1.82, 2.24) is 10.3 Å². The van der Waals surface area contributed by atoms with Gasteiger partial charge in [0.25, 0.3) is 0 Å². The number of pyridine rings is 1. The number of hydrogen-bond donors (Lipinski definition) is 1. The SMILES string of the molecule is CCCNC(COC(C)C)c1cccc2ncccc12. The highest BCUT2D eigenvalue weighted by Gasteiger charge is 2.14. The molecule has 0 aliphatic rings. The molecule has 1 aromatic carbocycles. The summed E-state index contributed by atoms with van der Waals surface area (Å²) >= 11 is 0. The number of hydrogen-bond acceptors (Lipinski definition) is 3. The van der Waals surface area contributed by atoms with Gasteiger partial charge in [0.05, 0.1) is 24.3 Å².